The fourth-order valence-electron chi connectivity index (χ4n) is 3.21. The number of nitrogens with one attached hydrogen (secondary N) is 2. The lowest BCUT2D eigenvalue weighted by atomic mass is 10.2. The molecule has 29 heavy (non-hydrogen) atoms. The number of benzene rings is 2. The summed E-state index contributed by atoms with van der Waals surface area (Å²) < 4.78 is 11.4. The Labute approximate surface area is 187 Å². The van der Waals surface area contributed by atoms with E-state index in [4.69, 9.17) is 44.3 Å². The van der Waals surface area contributed by atoms with Crippen LogP contribution in [0.1, 0.15) is 11.1 Å². The van der Waals surface area contributed by atoms with Crippen molar-refractivity contribution in [3.8, 4) is 11.5 Å². The molecule has 158 valence electrons. The minimum atomic E-state index is 0.272. The predicted molar refractivity (Wildman–Crippen MR) is 120 cm³/mol. The van der Waals surface area contributed by atoms with E-state index < -0.39 is 0 Å². The van der Waals surface area contributed by atoms with E-state index in [0.29, 0.717) is 33.1 Å². The van der Waals surface area contributed by atoms with Crippen molar-refractivity contribution in [1.82, 2.24) is 15.5 Å². The Morgan fingerprint density at radius 2 is 1.86 bits per heavy atom. The van der Waals surface area contributed by atoms with Crippen LogP contribution >= 0.6 is 34.8 Å². The third kappa shape index (κ3) is 6.64. The van der Waals surface area contributed by atoms with Gasteiger partial charge in [-0.3, -0.25) is 4.90 Å². The van der Waals surface area contributed by atoms with E-state index in [1.807, 2.05) is 18.2 Å². The van der Waals surface area contributed by atoms with Gasteiger partial charge in [-0.1, -0.05) is 40.9 Å². The van der Waals surface area contributed by atoms with Gasteiger partial charge in [0.05, 0.1) is 12.1 Å². The first-order chi connectivity index (χ1) is 14.1. The summed E-state index contributed by atoms with van der Waals surface area (Å²) in [7, 11) is 1.61. The highest BCUT2D eigenvalue weighted by molar-refractivity contribution is 6.35. The summed E-state index contributed by atoms with van der Waals surface area (Å²) >= 11 is 18.6. The second-order valence-corrected chi connectivity index (χ2v) is 8.15. The van der Waals surface area contributed by atoms with Gasteiger partial charge < -0.3 is 20.1 Å². The van der Waals surface area contributed by atoms with E-state index in [1.54, 1.807) is 19.2 Å². The van der Waals surface area contributed by atoms with Gasteiger partial charge >= 0.3 is 0 Å². The van der Waals surface area contributed by atoms with E-state index in [1.165, 1.54) is 0 Å². The molecule has 5 nitrogen and oxygen atoms in total. The normalized spacial score (nSPS) is 14.8. The zero-order chi connectivity index (χ0) is 20.6. The second kappa shape index (κ2) is 11.3. The summed E-state index contributed by atoms with van der Waals surface area (Å²) in [4.78, 5) is 2.45. The molecule has 1 fully saturated rings. The molecule has 0 aliphatic carbocycles. The largest absolute Gasteiger partial charge is 0.493 e. The second-order valence-electron chi connectivity index (χ2n) is 6.90. The number of rotatable bonds is 9. The quantitative estimate of drug-likeness (QED) is 0.551. The van der Waals surface area contributed by atoms with Crippen molar-refractivity contribution in [1.29, 1.82) is 0 Å². The summed E-state index contributed by atoms with van der Waals surface area (Å²) in [6, 6.07) is 9.15. The number of nitrogens with zero attached hydrogens (tertiary/aromatic N) is 1. The molecule has 0 amide bonds. The molecule has 2 N–H and O–H groups in total. The SMILES string of the molecule is COc1cc(CNCCN2CCNCC2)cc(Cl)c1OCc1ccc(Cl)cc1Cl. The van der Waals surface area contributed by atoms with Gasteiger partial charge in [0.25, 0.3) is 0 Å². The van der Waals surface area contributed by atoms with Crippen molar-refractivity contribution in [2.75, 3.05) is 46.4 Å². The van der Waals surface area contributed by atoms with Crippen LogP contribution in [-0.2, 0) is 13.2 Å². The molecule has 0 spiro atoms. The lowest BCUT2D eigenvalue weighted by Crippen LogP contribution is -2.45. The Hall–Kier alpha value is -1.21. The summed E-state index contributed by atoms with van der Waals surface area (Å²) in [5, 5.41) is 8.48. The van der Waals surface area contributed by atoms with Gasteiger partial charge in [-0.15, -0.1) is 0 Å². The smallest absolute Gasteiger partial charge is 0.180 e. The van der Waals surface area contributed by atoms with Crippen LogP contribution < -0.4 is 20.1 Å². The Kier molecular flexibility index (Phi) is 8.72. The average Bonchev–Trinajstić information content (AvgIpc) is 2.72. The molecule has 0 bridgehead atoms. The van der Waals surface area contributed by atoms with Crippen molar-refractivity contribution < 1.29 is 9.47 Å². The number of ether oxygens (including phenoxy) is 2. The monoisotopic (exact) mass is 457 g/mol. The van der Waals surface area contributed by atoms with Gasteiger partial charge in [-0.25, -0.2) is 0 Å². The first-order valence-electron chi connectivity index (χ1n) is 9.63. The molecule has 1 heterocycles. The third-order valence-corrected chi connectivity index (χ3v) is 5.69. The van der Waals surface area contributed by atoms with E-state index in [2.05, 4.69) is 15.5 Å². The van der Waals surface area contributed by atoms with Crippen molar-refractivity contribution in [3.63, 3.8) is 0 Å². The lowest BCUT2D eigenvalue weighted by Gasteiger charge is -2.27. The number of hydrogen-bond donors (Lipinski definition) is 2. The van der Waals surface area contributed by atoms with E-state index >= 15 is 0 Å². The Balaban J connectivity index is 1.56. The lowest BCUT2D eigenvalue weighted by molar-refractivity contribution is 0.241. The zero-order valence-corrected chi connectivity index (χ0v) is 18.7. The molecule has 2 aromatic carbocycles. The van der Waals surface area contributed by atoms with Crippen LogP contribution in [0.5, 0.6) is 11.5 Å². The fraction of sp³-hybridized carbons (Fsp3) is 0.429. The molecule has 8 heteroatoms. The van der Waals surface area contributed by atoms with Gasteiger partial charge in [-0.05, 0) is 29.8 Å². The van der Waals surface area contributed by atoms with Gasteiger partial charge in [0.15, 0.2) is 11.5 Å². The summed E-state index contributed by atoms with van der Waals surface area (Å²) in [6.07, 6.45) is 0. The van der Waals surface area contributed by atoms with E-state index in [-0.39, 0.29) is 6.61 Å². The van der Waals surface area contributed by atoms with Gasteiger partial charge in [0.1, 0.15) is 6.61 Å². The molecule has 0 atom stereocenters. The highest BCUT2D eigenvalue weighted by Gasteiger charge is 2.14. The van der Waals surface area contributed by atoms with Crippen LogP contribution in [0, 0.1) is 0 Å². The van der Waals surface area contributed by atoms with Crippen molar-refractivity contribution in [3.05, 3.63) is 56.5 Å². The van der Waals surface area contributed by atoms with Crippen LogP contribution in [0.3, 0.4) is 0 Å². The molecule has 0 saturated carbocycles. The first-order valence-corrected chi connectivity index (χ1v) is 10.8. The summed E-state index contributed by atoms with van der Waals surface area (Å²) in [6.45, 7) is 7.28. The van der Waals surface area contributed by atoms with Crippen LogP contribution in [0.25, 0.3) is 0 Å². The number of hydrogen-bond acceptors (Lipinski definition) is 5. The van der Waals surface area contributed by atoms with Crippen LogP contribution in [0.2, 0.25) is 15.1 Å². The predicted octanol–water partition coefficient (Wildman–Crippen LogP) is 4.23. The topological polar surface area (TPSA) is 45.8 Å². The molecule has 2 aromatic rings. The molecular formula is C21H26Cl3N3O2. The maximum absolute atomic E-state index is 6.48. The Bertz CT molecular complexity index is 814. The van der Waals surface area contributed by atoms with Crippen molar-refractivity contribution in [2.45, 2.75) is 13.2 Å². The molecule has 1 aliphatic heterocycles. The maximum atomic E-state index is 6.48. The summed E-state index contributed by atoms with van der Waals surface area (Å²) in [5.41, 5.74) is 1.87. The van der Waals surface area contributed by atoms with Gasteiger partial charge in [0, 0.05) is 61.4 Å². The molecule has 1 saturated heterocycles. The fourth-order valence-corrected chi connectivity index (χ4v) is 3.96. The molecule has 1 aliphatic rings. The van der Waals surface area contributed by atoms with Crippen LogP contribution in [0.4, 0.5) is 0 Å². The first kappa shape index (κ1) is 22.5. The molecule has 0 radical (unpaired) electrons. The highest BCUT2D eigenvalue weighted by Crippen LogP contribution is 2.37. The average molecular weight is 459 g/mol. The van der Waals surface area contributed by atoms with Crippen molar-refractivity contribution in [2.24, 2.45) is 0 Å². The molecule has 0 aromatic heterocycles. The maximum Gasteiger partial charge on any atom is 0.180 e. The molecular weight excluding hydrogens is 433 g/mol. The summed E-state index contributed by atoms with van der Waals surface area (Å²) in [5.74, 6) is 1.10. The molecule has 0 unspecified atom stereocenters. The highest BCUT2D eigenvalue weighted by atomic mass is 35.5. The van der Waals surface area contributed by atoms with Crippen LogP contribution in [0.15, 0.2) is 30.3 Å². The molecule has 3 rings (SSSR count). The standard InChI is InChI=1S/C21H26Cl3N3O2/c1-28-20-11-15(13-26-6-9-27-7-4-25-5-8-27)10-19(24)21(20)29-14-16-2-3-17(22)12-18(16)23/h2-3,10-12,25-26H,4-9,13-14H2,1H3. The number of methoxy groups -OCH3 is 1. The minimum Gasteiger partial charge on any atom is -0.493 e. The number of halogens is 3. The minimum absolute atomic E-state index is 0.272. The van der Waals surface area contributed by atoms with E-state index in [0.717, 1.165) is 50.4 Å². The third-order valence-electron chi connectivity index (χ3n) is 4.82. The zero-order valence-electron chi connectivity index (χ0n) is 16.4. The van der Waals surface area contributed by atoms with Gasteiger partial charge in [0.2, 0.25) is 0 Å². The van der Waals surface area contributed by atoms with Crippen molar-refractivity contribution >= 4 is 34.8 Å². The Morgan fingerprint density at radius 1 is 1.07 bits per heavy atom. The van der Waals surface area contributed by atoms with E-state index in [9.17, 15) is 0 Å². The van der Waals surface area contributed by atoms with Gasteiger partial charge in [-0.2, -0.15) is 0 Å². The number of piperazine rings is 1. The van der Waals surface area contributed by atoms with Crippen LogP contribution in [-0.4, -0.2) is 51.3 Å². The Morgan fingerprint density at radius 3 is 2.59 bits per heavy atom.